The van der Waals surface area contributed by atoms with Crippen LogP contribution in [0.15, 0.2) is 24.3 Å². The minimum Gasteiger partial charge on any atom is -0.496 e. The molecule has 0 fully saturated rings. The highest BCUT2D eigenvalue weighted by molar-refractivity contribution is 9.09. The molecule has 0 saturated carbocycles. The van der Waals surface area contributed by atoms with Crippen LogP contribution in [0.25, 0.3) is 0 Å². The summed E-state index contributed by atoms with van der Waals surface area (Å²) in [6, 6.07) is 8.26. The summed E-state index contributed by atoms with van der Waals surface area (Å²) in [5, 5.41) is 0. The minimum absolute atomic E-state index is 0.565. The molecule has 1 rings (SSSR count). The van der Waals surface area contributed by atoms with E-state index in [0.29, 0.717) is 4.83 Å². The van der Waals surface area contributed by atoms with Crippen molar-refractivity contribution in [2.45, 2.75) is 43.9 Å². The number of methoxy groups -OCH3 is 1. The molecule has 1 unspecified atom stereocenters. The van der Waals surface area contributed by atoms with Crippen LogP contribution in [-0.2, 0) is 6.42 Å². The first-order valence-electron chi connectivity index (χ1n) is 6.04. The maximum atomic E-state index is 5.35. The van der Waals surface area contributed by atoms with Gasteiger partial charge in [0.1, 0.15) is 5.75 Å². The monoisotopic (exact) mass is 284 g/mol. The average Bonchev–Trinajstić information content (AvgIpc) is 2.30. The lowest BCUT2D eigenvalue weighted by Crippen LogP contribution is -2.04. The number of hydrogen-bond acceptors (Lipinski definition) is 1. The maximum Gasteiger partial charge on any atom is 0.122 e. The number of benzene rings is 1. The Morgan fingerprint density at radius 1 is 1.25 bits per heavy atom. The van der Waals surface area contributed by atoms with Gasteiger partial charge >= 0.3 is 0 Å². The summed E-state index contributed by atoms with van der Waals surface area (Å²) >= 11 is 3.75. The van der Waals surface area contributed by atoms with E-state index in [0.717, 1.165) is 12.2 Å². The van der Waals surface area contributed by atoms with Gasteiger partial charge in [-0.05, 0) is 24.5 Å². The van der Waals surface area contributed by atoms with Crippen LogP contribution in [-0.4, -0.2) is 11.9 Å². The predicted molar refractivity (Wildman–Crippen MR) is 73.6 cm³/mol. The number of alkyl halides is 1. The molecule has 0 aliphatic carbocycles. The molecule has 90 valence electrons. The Bertz CT molecular complexity index is 299. The summed E-state index contributed by atoms with van der Waals surface area (Å²) in [5.74, 6) is 1.00. The van der Waals surface area contributed by atoms with E-state index in [1.165, 1.54) is 31.2 Å². The van der Waals surface area contributed by atoms with Gasteiger partial charge in [0.15, 0.2) is 0 Å². The lowest BCUT2D eigenvalue weighted by atomic mass is 10.0. The van der Waals surface area contributed by atoms with Crippen LogP contribution in [0.3, 0.4) is 0 Å². The first-order chi connectivity index (χ1) is 7.77. The summed E-state index contributed by atoms with van der Waals surface area (Å²) in [5.41, 5.74) is 1.29. The second-order valence-corrected chi connectivity index (χ2v) is 5.40. The molecule has 0 amide bonds. The second-order valence-electron chi connectivity index (χ2n) is 4.11. The van der Waals surface area contributed by atoms with Crippen LogP contribution in [0.1, 0.15) is 38.2 Å². The van der Waals surface area contributed by atoms with E-state index in [4.69, 9.17) is 4.74 Å². The Morgan fingerprint density at radius 2 is 2.00 bits per heavy atom. The fourth-order valence-electron chi connectivity index (χ4n) is 1.83. The lowest BCUT2D eigenvalue weighted by molar-refractivity contribution is 0.409. The lowest BCUT2D eigenvalue weighted by Gasteiger charge is -2.12. The smallest absolute Gasteiger partial charge is 0.122 e. The first kappa shape index (κ1) is 13.6. The largest absolute Gasteiger partial charge is 0.496 e. The quantitative estimate of drug-likeness (QED) is 0.526. The molecule has 0 saturated heterocycles. The Labute approximate surface area is 107 Å². The fourth-order valence-corrected chi connectivity index (χ4v) is 2.50. The molecule has 1 aromatic rings. The molecule has 1 atom stereocenters. The van der Waals surface area contributed by atoms with E-state index in [1.54, 1.807) is 7.11 Å². The van der Waals surface area contributed by atoms with Gasteiger partial charge < -0.3 is 4.74 Å². The van der Waals surface area contributed by atoms with Crippen LogP contribution in [0.2, 0.25) is 0 Å². The van der Waals surface area contributed by atoms with Crippen molar-refractivity contribution in [3.05, 3.63) is 29.8 Å². The van der Waals surface area contributed by atoms with Gasteiger partial charge in [0.25, 0.3) is 0 Å². The molecule has 0 aliphatic heterocycles. The van der Waals surface area contributed by atoms with Crippen LogP contribution in [0.5, 0.6) is 5.75 Å². The minimum atomic E-state index is 0.565. The zero-order chi connectivity index (χ0) is 11.8. The Hall–Kier alpha value is -0.500. The molecule has 0 radical (unpaired) electrons. The standard InChI is InChI=1S/C14H21BrO/c1-3-4-5-9-13(15)11-12-8-6-7-10-14(12)16-2/h6-8,10,13H,3-5,9,11H2,1-2H3. The highest BCUT2D eigenvalue weighted by Gasteiger charge is 2.08. The average molecular weight is 285 g/mol. The number of halogens is 1. The van der Waals surface area contributed by atoms with E-state index >= 15 is 0 Å². The van der Waals surface area contributed by atoms with Crippen molar-refractivity contribution < 1.29 is 4.74 Å². The number of ether oxygens (including phenoxy) is 1. The predicted octanol–water partition coefficient (Wildman–Crippen LogP) is 4.58. The van der Waals surface area contributed by atoms with Crippen LogP contribution in [0.4, 0.5) is 0 Å². The number of unbranched alkanes of at least 4 members (excludes halogenated alkanes) is 2. The number of para-hydroxylation sites is 1. The molecule has 1 nitrogen and oxygen atoms in total. The topological polar surface area (TPSA) is 9.23 Å². The Balaban J connectivity index is 2.45. The van der Waals surface area contributed by atoms with Crippen molar-refractivity contribution in [1.29, 1.82) is 0 Å². The maximum absolute atomic E-state index is 5.35. The van der Waals surface area contributed by atoms with Gasteiger partial charge in [-0.15, -0.1) is 0 Å². The van der Waals surface area contributed by atoms with Crippen LogP contribution >= 0.6 is 15.9 Å². The van der Waals surface area contributed by atoms with Gasteiger partial charge in [-0.25, -0.2) is 0 Å². The summed E-state index contributed by atoms with van der Waals surface area (Å²) in [7, 11) is 1.74. The summed E-state index contributed by atoms with van der Waals surface area (Å²) in [6.07, 6.45) is 6.21. The summed E-state index contributed by atoms with van der Waals surface area (Å²) in [6.45, 7) is 2.24. The van der Waals surface area contributed by atoms with E-state index in [1.807, 2.05) is 12.1 Å². The molecule has 0 aliphatic rings. The fraction of sp³-hybridized carbons (Fsp3) is 0.571. The molecule has 1 aromatic carbocycles. The van der Waals surface area contributed by atoms with Crippen molar-refractivity contribution in [2.24, 2.45) is 0 Å². The number of hydrogen-bond donors (Lipinski definition) is 0. The van der Waals surface area contributed by atoms with E-state index in [2.05, 4.69) is 35.0 Å². The van der Waals surface area contributed by atoms with Gasteiger partial charge in [0, 0.05) is 4.83 Å². The van der Waals surface area contributed by atoms with Gasteiger partial charge in [-0.1, -0.05) is 60.3 Å². The summed E-state index contributed by atoms with van der Waals surface area (Å²) < 4.78 is 5.35. The van der Waals surface area contributed by atoms with Crippen molar-refractivity contribution in [1.82, 2.24) is 0 Å². The zero-order valence-electron chi connectivity index (χ0n) is 10.2. The molecular weight excluding hydrogens is 264 g/mol. The molecule has 0 aromatic heterocycles. The third-order valence-corrected chi connectivity index (χ3v) is 3.54. The third-order valence-electron chi connectivity index (χ3n) is 2.75. The molecule has 16 heavy (non-hydrogen) atoms. The Kier molecular flexibility index (Phi) is 6.55. The van der Waals surface area contributed by atoms with Crippen LogP contribution in [0, 0.1) is 0 Å². The van der Waals surface area contributed by atoms with Crippen molar-refractivity contribution >= 4 is 15.9 Å². The van der Waals surface area contributed by atoms with Gasteiger partial charge in [0.05, 0.1) is 7.11 Å². The highest BCUT2D eigenvalue weighted by atomic mass is 79.9. The third kappa shape index (κ3) is 4.56. The molecule has 0 bridgehead atoms. The van der Waals surface area contributed by atoms with Crippen molar-refractivity contribution in [3.8, 4) is 5.75 Å². The van der Waals surface area contributed by atoms with Gasteiger partial charge in [-0.3, -0.25) is 0 Å². The van der Waals surface area contributed by atoms with Gasteiger partial charge in [0.2, 0.25) is 0 Å². The summed E-state index contributed by atoms with van der Waals surface area (Å²) in [4.78, 5) is 0.565. The van der Waals surface area contributed by atoms with Crippen molar-refractivity contribution in [2.75, 3.05) is 7.11 Å². The van der Waals surface area contributed by atoms with Crippen molar-refractivity contribution in [3.63, 3.8) is 0 Å². The molecule has 0 spiro atoms. The SMILES string of the molecule is CCCCCC(Br)Cc1ccccc1OC. The van der Waals surface area contributed by atoms with E-state index < -0.39 is 0 Å². The molecule has 0 N–H and O–H groups in total. The van der Waals surface area contributed by atoms with E-state index in [9.17, 15) is 0 Å². The normalized spacial score (nSPS) is 12.4. The highest BCUT2D eigenvalue weighted by Crippen LogP contribution is 2.23. The zero-order valence-corrected chi connectivity index (χ0v) is 11.8. The Morgan fingerprint density at radius 3 is 2.69 bits per heavy atom. The molecule has 2 heteroatoms. The first-order valence-corrected chi connectivity index (χ1v) is 6.95. The number of rotatable bonds is 7. The molecule has 0 heterocycles. The van der Waals surface area contributed by atoms with Gasteiger partial charge in [-0.2, -0.15) is 0 Å². The van der Waals surface area contributed by atoms with E-state index in [-0.39, 0.29) is 0 Å². The second kappa shape index (κ2) is 7.72. The molecular formula is C14H21BrO. The van der Waals surface area contributed by atoms with Crippen LogP contribution < -0.4 is 4.74 Å².